The van der Waals surface area contributed by atoms with Crippen molar-refractivity contribution in [1.82, 2.24) is 4.90 Å². The Morgan fingerprint density at radius 2 is 2.00 bits per heavy atom. The van der Waals surface area contributed by atoms with Crippen LogP contribution in [-0.4, -0.2) is 30.1 Å². The summed E-state index contributed by atoms with van der Waals surface area (Å²) in [5.74, 6) is 0. The fraction of sp³-hybridized carbons (Fsp3) is 0.500. The zero-order valence-electron chi connectivity index (χ0n) is 8.77. The van der Waals surface area contributed by atoms with E-state index >= 15 is 0 Å². The molecule has 1 N–H and O–H groups in total. The van der Waals surface area contributed by atoms with Crippen molar-refractivity contribution in [3.63, 3.8) is 0 Å². The second-order valence-electron chi connectivity index (χ2n) is 4.21. The van der Waals surface area contributed by atoms with Gasteiger partial charge in [-0.25, -0.2) is 0 Å². The molecule has 2 atom stereocenters. The number of hydrogen-bond donors (Lipinski definition) is 1. The number of fused-ring (bicyclic) bond motifs is 1. The Morgan fingerprint density at radius 3 is 2.71 bits per heavy atom. The van der Waals surface area contributed by atoms with Crippen molar-refractivity contribution in [3.8, 4) is 0 Å². The van der Waals surface area contributed by atoms with E-state index in [4.69, 9.17) is 0 Å². The van der Waals surface area contributed by atoms with Crippen LogP contribution in [0.1, 0.15) is 23.7 Å². The predicted molar refractivity (Wildman–Crippen MR) is 57.2 cm³/mol. The highest BCUT2D eigenvalue weighted by atomic mass is 16.3. The molecule has 2 heteroatoms. The molecular formula is C12H17NO. The highest BCUT2D eigenvalue weighted by Crippen LogP contribution is 2.31. The molecule has 0 saturated heterocycles. The number of aliphatic hydroxyl groups is 1. The van der Waals surface area contributed by atoms with E-state index in [-0.39, 0.29) is 12.1 Å². The summed E-state index contributed by atoms with van der Waals surface area (Å²) in [6.45, 7) is 0. The van der Waals surface area contributed by atoms with Gasteiger partial charge in [0.15, 0.2) is 0 Å². The van der Waals surface area contributed by atoms with Crippen molar-refractivity contribution in [2.45, 2.75) is 25.0 Å². The fourth-order valence-electron chi connectivity index (χ4n) is 2.26. The van der Waals surface area contributed by atoms with Crippen LogP contribution < -0.4 is 0 Å². The van der Waals surface area contributed by atoms with E-state index in [0.717, 1.165) is 18.4 Å². The van der Waals surface area contributed by atoms with Gasteiger partial charge in [0.25, 0.3) is 0 Å². The van der Waals surface area contributed by atoms with Crippen molar-refractivity contribution in [3.05, 3.63) is 35.4 Å². The number of nitrogens with zero attached hydrogens (tertiary/aromatic N) is 1. The minimum atomic E-state index is -0.324. The minimum Gasteiger partial charge on any atom is -0.387 e. The van der Waals surface area contributed by atoms with Crippen molar-refractivity contribution in [1.29, 1.82) is 0 Å². The third-order valence-corrected chi connectivity index (χ3v) is 3.11. The summed E-state index contributed by atoms with van der Waals surface area (Å²) in [4.78, 5) is 2.11. The second kappa shape index (κ2) is 3.71. The minimum absolute atomic E-state index is 0.268. The van der Waals surface area contributed by atoms with Gasteiger partial charge in [-0.1, -0.05) is 24.3 Å². The van der Waals surface area contributed by atoms with Crippen LogP contribution in [0.5, 0.6) is 0 Å². The Kier molecular flexibility index (Phi) is 2.57. The van der Waals surface area contributed by atoms with Crippen molar-refractivity contribution < 1.29 is 5.11 Å². The first-order valence-corrected chi connectivity index (χ1v) is 5.12. The van der Waals surface area contributed by atoms with Crippen LogP contribution in [0.3, 0.4) is 0 Å². The maximum atomic E-state index is 10.1. The molecule has 0 aromatic heterocycles. The average Bonchev–Trinajstić information content (AvgIpc) is 2.18. The average molecular weight is 191 g/mol. The van der Waals surface area contributed by atoms with Crippen LogP contribution >= 0.6 is 0 Å². The molecule has 0 bridgehead atoms. The Bertz CT molecular complexity index is 322. The third kappa shape index (κ3) is 1.56. The maximum Gasteiger partial charge on any atom is 0.0947 e. The normalized spacial score (nSPS) is 26.3. The Balaban J connectivity index is 2.31. The molecule has 0 spiro atoms. The quantitative estimate of drug-likeness (QED) is 0.728. The maximum absolute atomic E-state index is 10.1. The molecule has 0 amide bonds. The van der Waals surface area contributed by atoms with Gasteiger partial charge >= 0.3 is 0 Å². The molecule has 1 aliphatic rings. The highest BCUT2D eigenvalue weighted by Gasteiger charge is 2.28. The van der Waals surface area contributed by atoms with Crippen LogP contribution in [0.15, 0.2) is 24.3 Å². The molecule has 76 valence electrons. The Morgan fingerprint density at radius 1 is 1.29 bits per heavy atom. The number of rotatable bonds is 1. The van der Waals surface area contributed by atoms with Gasteiger partial charge in [0.1, 0.15) is 0 Å². The summed E-state index contributed by atoms with van der Waals surface area (Å²) >= 11 is 0. The molecule has 0 fully saturated rings. The number of hydrogen-bond acceptors (Lipinski definition) is 2. The molecule has 0 aliphatic heterocycles. The van der Waals surface area contributed by atoms with Crippen LogP contribution in [0.25, 0.3) is 0 Å². The van der Waals surface area contributed by atoms with Gasteiger partial charge in [-0.2, -0.15) is 0 Å². The van der Waals surface area contributed by atoms with E-state index in [1.807, 2.05) is 32.3 Å². The summed E-state index contributed by atoms with van der Waals surface area (Å²) < 4.78 is 0. The second-order valence-corrected chi connectivity index (χ2v) is 4.21. The number of aryl methyl sites for hydroxylation is 1. The number of likely N-dealkylation sites (N-methyl/N-ethyl adjacent to an activating group) is 1. The first-order chi connectivity index (χ1) is 6.70. The topological polar surface area (TPSA) is 23.5 Å². The molecule has 1 aromatic rings. The molecule has 14 heavy (non-hydrogen) atoms. The van der Waals surface area contributed by atoms with Gasteiger partial charge in [0.05, 0.1) is 6.10 Å². The van der Waals surface area contributed by atoms with Gasteiger partial charge < -0.3 is 10.0 Å². The van der Waals surface area contributed by atoms with Crippen molar-refractivity contribution in [2.24, 2.45) is 0 Å². The lowest BCUT2D eigenvalue weighted by molar-refractivity contribution is 0.0628. The molecule has 0 saturated carbocycles. The summed E-state index contributed by atoms with van der Waals surface area (Å²) in [7, 11) is 4.06. The molecular weight excluding hydrogens is 174 g/mol. The van der Waals surface area contributed by atoms with Crippen molar-refractivity contribution >= 4 is 0 Å². The van der Waals surface area contributed by atoms with Crippen molar-refractivity contribution in [2.75, 3.05) is 14.1 Å². The van der Waals surface area contributed by atoms with Gasteiger partial charge in [0.2, 0.25) is 0 Å². The number of aliphatic hydroxyl groups excluding tert-OH is 1. The Labute approximate surface area is 85.2 Å². The summed E-state index contributed by atoms with van der Waals surface area (Å²) in [5.41, 5.74) is 2.41. The third-order valence-electron chi connectivity index (χ3n) is 3.11. The molecule has 1 aliphatic carbocycles. The zero-order valence-corrected chi connectivity index (χ0v) is 8.77. The smallest absolute Gasteiger partial charge is 0.0947 e. The van der Waals surface area contributed by atoms with E-state index < -0.39 is 0 Å². The van der Waals surface area contributed by atoms with Gasteiger partial charge in [-0.3, -0.25) is 0 Å². The van der Waals surface area contributed by atoms with Gasteiger partial charge in [-0.05, 0) is 38.1 Å². The molecule has 2 rings (SSSR count). The predicted octanol–water partition coefficient (Wildman–Crippen LogP) is 1.60. The summed E-state index contributed by atoms with van der Waals surface area (Å²) in [6, 6.07) is 8.46. The van der Waals surface area contributed by atoms with Gasteiger partial charge in [-0.15, -0.1) is 0 Å². The largest absolute Gasteiger partial charge is 0.387 e. The SMILES string of the molecule is CN(C)[C@@H]1CCc2ccccc2[C@H]1O. The lowest BCUT2D eigenvalue weighted by Gasteiger charge is -2.34. The van der Waals surface area contributed by atoms with E-state index in [2.05, 4.69) is 11.0 Å². The van der Waals surface area contributed by atoms with E-state index in [0.29, 0.717) is 0 Å². The van der Waals surface area contributed by atoms with E-state index in [1.54, 1.807) is 0 Å². The van der Waals surface area contributed by atoms with Crippen LogP contribution in [0.2, 0.25) is 0 Å². The van der Waals surface area contributed by atoms with Crippen LogP contribution in [0.4, 0.5) is 0 Å². The first-order valence-electron chi connectivity index (χ1n) is 5.12. The first kappa shape index (κ1) is 9.69. The lowest BCUT2D eigenvalue weighted by Crippen LogP contribution is -2.37. The lowest BCUT2D eigenvalue weighted by atomic mass is 9.85. The molecule has 0 heterocycles. The molecule has 1 aromatic carbocycles. The summed E-state index contributed by atoms with van der Waals surface area (Å²) in [6.07, 6.45) is 1.80. The fourth-order valence-corrected chi connectivity index (χ4v) is 2.26. The highest BCUT2D eigenvalue weighted by molar-refractivity contribution is 5.32. The monoisotopic (exact) mass is 191 g/mol. The van der Waals surface area contributed by atoms with Gasteiger partial charge in [0, 0.05) is 6.04 Å². The standard InChI is InChI=1S/C12H17NO/c1-13(2)11-8-7-9-5-3-4-6-10(9)12(11)14/h3-6,11-12,14H,7-8H2,1-2H3/t11-,12-/m1/s1. The van der Waals surface area contributed by atoms with Crippen LogP contribution in [0, 0.1) is 0 Å². The Hall–Kier alpha value is -0.860. The summed E-state index contributed by atoms with van der Waals surface area (Å²) in [5, 5.41) is 10.1. The number of benzene rings is 1. The molecule has 0 radical (unpaired) electrons. The van der Waals surface area contributed by atoms with E-state index in [9.17, 15) is 5.11 Å². The van der Waals surface area contributed by atoms with E-state index in [1.165, 1.54) is 5.56 Å². The molecule has 2 nitrogen and oxygen atoms in total. The molecule has 0 unspecified atom stereocenters. The zero-order chi connectivity index (χ0) is 10.1. The van der Waals surface area contributed by atoms with Crippen LogP contribution in [-0.2, 0) is 6.42 Å².